The van der Waals surface area contributed by atoms with E-state index in [1.54, 1.807) is 24.3 Å². The molecule has 1 amide bonds. The largest absolute Gasteiger partial charge is 0.396 e. The number of hydrogen-bond donors (Lipinski definition) is 2. The quantitative estimate of drug-likeness (QED) is 0.792. The molecular weight excluding hydrogens is 285 g/mol. The van der Waals surface area contributed by atoms with E-state index in [1.807, 2.05) is 6.92 Å². The second-order valence-electron chi connectivity index (χ2n) is 4.27. The molecule has 19 heavy (non-hydrogen) atoms. The number of aliphatic hydroxyl groups is 1. The molecule has 0 saturated heterocycles. The van der Waals surface area contributed by atoms with Crippen LogP contribution in [0.1, 0.15) is 25.3 Å². The van der Waals surface area contributed by atoms with Crippen LogP contribution in [-0.4, -0.2) is 23.7 Å². The Morgan fingerprint density at radius 3 is 2.89 bits per heavy atom. The van der Waals surface area contributed by atoms with Gasteiger partial charge in [0.2, 0.25) is 5.91 Å². The zero-order valence-electron chi connectivity index (χ0n) is 10.7. The van der Waals surface area contributed by atoms with Gasteiger partial charge in [0, 0.05) is 28.8 Å². The first-order valence-corrected chi connectivity index (χ1v) is 6.83. The Hall–Kier alpha value is -1.03. The van der Waals surface area contributed by atoms with E-state index >= 15 is 0 Å². The third-order valence-electron chi connectivity index (χ3n) is 2.56. The Labute approximate surface area is 123 Å². The van der Waals surface area contributed by atoms with Crippen molar-refractivity contribution in [2.24, 2.45) is 0 Å². The second kappa shape index (κ2) is 8.20. The molecule has 1 aromatic rings. The van der Waals surface area contributed by atoms with E-state index in [0.29, 0.717) is 22.0 Å². The lowest BCUT2D eigenvalue weighted by Crippen LogP contribution is -2.31. The summed E-state index contributed by atoms with van der Waals surface area (Å²) in [6.45, 7) is 2.03. The molecule has 0 saturated carbocycles. The normalized spacial score (nSPS) is 12.6. The minimum atomic E-state index is -0.193. The minimum absolute atomic E-state index is 0.0270. The summed E-state index contributed by atoms with van der Waals surface area (Å²) >= 11 is 11.8. The van der Waals surface area contributed by atoms with Crippen LogP contribution in [0, 0.1) is 0 Å². The molecule has 1 rings (SSSR count). The maximum absolute atomic E-state index is 11.6. The smallest absolute Gasteiger partial charge is 0.244 e. The number of carbonyl (C=O) groups is 1. The van der Waals surface area contributed by atoms with Crippen molar-refractivity contribution in [2.45, 2.75) is 25.8 Å². The molecule has 0 aliphatic carbocycles. The van der Waals surface area contributed by atoms with Crippen LogP contribution in [0.25, 0.3) is 6.08 Å². The Balaban J connectivity index is 2.56. The van der Waals surface area contributed by atoms with Crippen molar-refractivity contribution >= 4 is 35.2 Å². The zero-order valence-corrected chi connectivity index (χ0v) is 12.2. The van der Waals surface area contributed by atoms with E-state index in [1.165, 1.54) is 6.08 Å². The number of nitrogens with one attached hydrogen (secondary N) is 1. The number of halogens is 2. The van der Waals surface area contributed by atoms with Gasteiger partial charge in [0.1, 0.15) is 0 Å². The summed E-state index contributed by atoms with van der Waals surface area (Å²) in [5.41, 5.74) is 0.701. The van der Waals surface area contributed by atoms with Crippen molar-refractivity contribution in [3.8, 4) is 0 Å². The van der Waals surface area contributed by atoms with Crippen molar-refractivity contribution < 1.29 is 9.90 Å². The average molecular weight is 302 g/mol. The van der Waals surface area contributed by atoms with Gasteiger partial charge >= 0.3 is 0 Å². The number of rotatable bonds is 6. The average Bonchev–Trinajstić information content (AvgIpc) is 2.37. The predicted molar refractivity (Wildman–Crippen MR) is 79.4 cm³/mol. The van der Waals surface area contributed by atoms with E-state index in [-0.39, 0.29) is 18.6 Å². The van der Waals surface area contributed by atoms with Gasteiger partial charge in [-0.2, -0.15) is 0 Å². The van der Waals surface area contributed by atoms with E-state index in [0.717, 1.165) is 6.42 Å². The topological polar surface area (TPSA) is 49.3 Å². The fourth-order valence-corrected chi connectivity index (χ4v) is 1.93. The summed E-state index contributed by atoms with van der Waals surface area (Å²) in [5, 5.41) is 12.6. The highest BCUT2D eigenvalue weighted by atomic mass is 35.5. The molecule has 3 nitrogen and oxygen atoms in total. The van der Waals surface area contributed by atoms with E-state index in [2.05, 4.69) is 5.32 Å². The van der Waals surface area contributed by atoms with Crippen molar-refractivity contribution in [3.63, 3.8) is 0 Å². The fraction of sp³-hybridized carbons (Fsp3) is 0.357. The molecule has 1 unspecified atom stereocenters. The van der Waals surface area contributed by atoms with Gasteiger partial charge in [-0.05, 0) is 49.6 Å². The van der Waals surface area contributed by atoms with Crippen LogP contribution in [0.2, 0.25) is 10.0 Å². The van der Waals surface area contributed by atoms with Crippen LogP contribution in [0.4, 0.5) is 0 Å². The van der Waals surface area contributed by atoms with Crippen LogP contribution in [0.15, 0.2) is 24.3 Å². The van der Waals surface area contributed by atoms with Gasteiger partial charge in [0.15, 0.2) is 0 Å². The third-order valence-corrected chi connectivity index (χ3v) is 3.14. The molecule has 0 aliphatic heterocycles. The Morgan fingerprint density at radius 2 is 2.21 bits per heavy atom. The van der Waals surface area contributed by atoms with E-state index < -0.39 is 0 Å². The first kappa shape index (κ1) is 16.0. The standard InChI is InChI=1S/C14H17Cl2NO2/c1-10(3-2-8-18)17-14(19)7-4-11-9-12(15)5-6-13(11)16/h4-7,9-10,18H,2-3,8H2,1H3,(H,17,19)/b7-4+. The first-order valence-electron chi connectivity index (χ1n) is 6.07. The van der Waals surface area contributed by atoms with Crippen molar-refractivity contribution in [3.05, 3.63) is 39.9 Å². The monoisotopic (exact) mass is 301 g/mol. The van der Waals surface area contributed by atoms with Gasteiger partial charge in [-0.3, -0.25) is 4.79 Å². The van der Waals surface area contributed by atoms with E-state index in [9.17, 15) is 4.79 Å². The zero-order chi connectivity index (χ0) is 14.3. The summed E-state index contributed by atoms with van der Waals surface area (Å²) in [6, 6.07) is 5.10. The highest BCUT2D eigenvalue weighted by molar-refractivity contribution is 6.34. The molecule has 5 heteroatoms. The second-order valence-corrected chi connectivity index (χ2v) is 5.12. The SMILES string of the molecule is CC(CCCO)NC(=O)/C=C/c1cc(Cl)ccc1Cl. The van der Waals surface area contributed by atoms with Gasteiger partial charge in [-0.15, -0.1) is 0 Å². The number of benzene rings is 1. The lowest BCUT2D eigenvalue weighted by molar-refractivity contribution is -0.117. The van der Waals surface area contributed by atoms with Gasteiger partial charge in [0.05, 0.1) is 0 Å². The maximum atomic E-state index is 11.6. The molecule has 0 radical (unpaired) electrons. The number of amides is 1. The molecule has 1 atom stereocenters. The Kier molecular flexibility index (Phi) is 6.92. The summed E-state index contributed by atoms with van der Waals surface area (Å²) < 4.78 is 0. The fourth-order valence-electron chi connectivity index (χ4n) is 1.57. The molecule has 0 aromatic heterocycles. The Bertz CT molecular complexity index is 461. The summed E-state index contributed by atoms with van der Waals surface area (Å²) in [7, 11) is 0. The number of aliphatic hydroxyl groups excluding tert-OH is 1. The van der Waals surface area contributed by atoms with Crippen molar-refractivity contribution in [1.29, 1.82) is 0 Å². The summed E-state index contributed by atoms with van der Waals surface area (Å²) in [5.74, 6) is -0.193. The van der Waals surface area contributed by atoms with Gasteiger partial charge in [-0.25, -0.2) is 0 Å². The highest BCUT2D eigenvalue weighted by Gasteiger charge is 2.04. The predicted octanol–water partition coefficient (Wildman–Crippen LogP) is 3.28. The summed E-state index contributed by atoms with van der Waals surface area (Å²) in [4.78, 5) is 11.6. The van der Waals surface area contributed by atoms with E-state index in [4.69, 9.17) is 28.3 Å². The van der Waals surface area contributed by atoms with Gasteiger partial charge in [0.25, 0.3) is 0 Å². The van der Waals surface area contributed by atoms with Crippen molar-refractivity contribution in [2.75, 3.05) is 6.61 Å². The molecule has 2 N–H and O–H groups in total. The molecule has 1 aromatic carbocycles. The van der Waals surface area contributed by atoms with Crippen LogP contribution in [0.3, 0.4) is 0 Å². The van der Waals surface area contributed by atoms with Gasteiger partial charge < -0.3 is 10.4 Å². The summed E-state index contributed by atoms with van der Waals surface area (Å²) in [6.07, 6.45) is 4.47. The van der Waals surface area contributed by atoms with Crippen molar-refractivity contribution in [1.82, 2.24) is 5.32 Å². The maximum Gasteiger partial charge on any atom is 0.244 e. The third kappa shape index (κ3) is 6.10. The minimum Gasteiger partial charge on any atom is -0.396 e. The number of carbonyl (C=O) groups excluding carboxylic acids is 1. The molecule has 0 fully saturated rings. The Morgan fingerprint density at radius 1 is 1.47 bits per heavy atom. The molecule has 0 spiro atoms. The van der Waals surface area contributed by atoms with Crippen LogP contribution >= 0.6 is 23.2 Å². The molecular formula is C14H17Cl2NO2. The number of hydrogen-bond acceptors (Lipinski definition) is 2. The first-order chi connectivity index (χ1) is 9.02. The molecule has 104 valence electrons. The van der Waals surface area contributed by atoms with Crippen LogP contribution in [-0.2, 0) is 4.79 Å². The van der Waals surface area contributed by atoms with Crippen LogP contribution < -0.4 is 5.32 Å². The lowest BCUT2D eigenvalue weighted by atomic mass is 10.2. The highest BCUT2D eigenvalue weighted by Crippen LogP contribution is 2.21. The molecule has 0 heterocycles. The van der Waals surface area contributed by atoms with Crippen LogP contribution in [0.5, 0.6) is 0 Å². The molecule has 0 bridgehead atoms. The van der Waals surface area contributed by atoms with Gasteiger partial charge in [-0.1, -0.05) is 23.2 Å². The molecule has 0 aliphatic rings. The lowest BCUT2D eigenvalue weighted by Gasteiger charge is -2.11.